The van der Waals surface area contributed by atoms with Crippen molar-refractivity contribution in [3.8, 4) is 0 Å². The van der Waals surface area contributed by atoms with Gasteiger partial charge in [0.1, 0.15) is 0 Å². The summed E-state index contributed by atoms with van der Waals surface area (Å²) in [6.45, 7) is 0. The average Bonchev–Trinajstić information content (AvgIpc) is 3.49. The summed E-state index contributed by atoms with van der Waals surface area (Å²) in [5.74, 6) is 3.09. The van der Waals surface area contributed by atoms with Crippen LogP contribution in [0.25, 0.3) is 0 Å². The molecule has 4 aliphatic carbocycles. The molecule has 4 saturated carbocycles. The van der Waals surface area contributed by atoms with E-state index in [0.29, 0.717) is 35.5 Å². The van der Waals surface area contributed by atoms with Crippen LogP contribution in [0, 0.1) is 35.5 Å². The molecular weight excluding hydrogens is 416 g/mol. The lowest BCUT2D eigenvalue weighted by atomic mass is 9.79. The van der Waals surface area contributed by atoms with E-state index < -0.39 is 0 Å². The van der Waals surface area contributed by atoms with Crippen LogP contribution in [0.15, 0.2) is 70.9 Å². The van der Waals surface area contributed by atoms with Crippen LogP contribution >= 0.6 is 0 Å². The molecule has 6 atom stereocenters. The Morgan fingerprint density at radius 3 is 1.48 bits per heavy atom. The summed E-state index contributed by atoms with van der Waals surface area (Å²) in [6.07, 6.45) is 3.11. The van der Waals surface area contributed by atoms with Crippen molar-refractivity contribution in [3.05, 3.63) is 60.7 Å². The van der Waals surface area contributed by atoms with E-state index >= 15 is 0 Å². The van der Waals surface area contributed by atoms with Gasteiger partial charge in [0.15, 0.2) is 0 Å². The number of nitrogens with one attached hydrogen (secondary N) is 4. The summed E-state index contributed by atoms with van der Waals surface area (Å²) in [6, 6.07) is 18.0. The van der Waals surface area contributed by atoms with Gasteiger partial charge in [-0.3, -0.25) is 0 Å². The lowest BCUT2D eigenvalue weighted by molar-refractivity contribution is 0.241. The van der Waals surface area contributed by atoms with Crippen molar-refractivity contribution in [2.45, 2.75) is 19.3 Å². The van der Waals surface area contributed by atoms with Crippen LogP contribution in [0.4, 0.5) is 21.0 Å². The summed E-state index contributed by atoms with van der Waals surface area (Å²) in [7, 11) is 0. The van der Waals surface area contributed by atoms with Crippen molar-refractivity contribution >= 4 is 34.9 Å². The molecule has 8 nitrogen and oxygen atoms in total. The van der Waals surface area contributed by atoms with Gasteiger partial charge in [-0.05, 0) is 67.2 Å². The number of nitrogens with zero attached hydrogens (tertiary/aromatic N) is 2. The molecule has 0 aliphatic heterocycles. The normalized spacial score (nSPS) is 32.8. The van der Waals surface area contributed by atoms with Gasteiger partial charge < -0.3 is 10.6 Å². The molecule has 0 aromatic heterocycles. The second-order valence-corrected chi connectivity index (χ2v) is 9.42. The Bertz CT molecular complexity index is 1040. The smallest absolute Gasteiger partial charge is 0.307 e. The molecular formula is C25H26N6O2. The molecule has 33 heavy (non-hydrogen) atoms. The maximum Gasteiger partial charge on any atom is 0.339 e. The highest BCUT2D eigenvalue weighted by Crippen LogP contribution is 2.68. The third-order valence-corrected chi connectivity index (χ3v) is 7.83. The number of amides is 4. The first kappa shape index (κ1) is 20.0. The van der Waals surface area contributed by atoms with Crippen LogP contribution < -0.4 is 21.5 Å². The third kappa shape index (κ3) is 3.55. The van der Waals surface area contributed by atoms with Crippen LogP contribution in [0.5, 0.6) is 0 Å². The Morgan fingerprint density at radius 2 is 1.06 bits per heavy atom. The van der Waals surface area contributed by atoms with Crippen LogP contribution in [0.2, 0.25) is 0 Å². The predicted octanol–water partition coefficient (Wildman–Crippen LogP) is 4.26. The molecule has 0 saturated heterocycles. The molecule has 8 heteroatoms. The maximum atomic E-state index is 12.3. The highest BCUT2D eigenvalue weighted by molar-refractivity contribution is 6.02. The standard InChI is InChI=1S/C25H26N6O2/c32-24(26-14-7-3-1-4-8-14)30-28-20-12-16-17-13-21(23-19(17)11-18(16)22(20)23)29-31-25(33)27-15-9-5-2-6-10-15/h1-10,16-19,22-23H,11-13H2,(H2,26,30,32)(H2,27,31,33)/b28-20-,29-21-. The zero-order chi connectivity index (χ0) is 22.4. The Labute approximate surface area is 191 Å². The zero-order valence-electron chi connectivity index (χ0n) is 18.1. The summed E-state index contributed by atoms with van der Waals surface area (Å²) < 4.78 is 0. The van der Waals surface area contributed by atoms with Crippen LogP contribution in [0.1, 0.15) is 19.3 Å². The number of benzene rings is 2. The maximum absolute atomic E-state index is 12.3. The van der Waals surface area contributed by atoms with Crippen molar-refractivity contribution in [1.82, 2.24) is 10.9 Å². The number of para-hydroxylation sites is 2. The molecule has 2 aromatic carbocycles. The van der Waals surface area contributed by atoms with E-state index in [1.807, 2.05) is 60.7 Å². The van der Waals surface area contributed by atoms with Gasteiger partial charge >= 0.3 is 12.1 Å². The van der Waals surface area contributed by atoms with E-state index in [2.05, 4.69) is 31.7 Å². The van der Waals surface area contributed by atoms with E-state index in [4.69, 9.17) is 0 Å². The van der Waals surface area contributed by atoms with E-state index in [1.54, 1.807) is 0 Å². The average molecular weight is 443 g/mol. The number of anilines is 2. The first-order chi connectivity index (χ1) is 16.2. The molecule has 2 bridgehead atoms. The minimum Gasteiger partial charge on any atom is -0.307 e. The molecule has 2 aromatic rings. The van der Waals surface area contributed by atoms with Crippen molar-refractivity contribution in [2.24, 2.45) is 45.7 Å². The quantitative estimate of drug-likeness (QED) is 0.531. The lowest BCUT2D eigenvalue weighted by Crippen LogP contribution is -2.31. The molecule has 4 fully saturated rings. The number of carbonyl (C=O) groups is 2. The molecule has 6 rings (SSSR count). The Morgan fingerprint density at radius 1 is 0.636 bits per heavy atom. The fourth-order valence-corrected chi connectivity index (χ4v) is 6.77. The minimum absolute atomic E-state index is 0.313. The fraction of sp³-hybridized carbons (Fsp3) is 0.360. The number of hydrazone groups is 2. The van der Waals surface area contributed by atoms with E-state index in [1.165, 1.54) is 6.42 Å². The second kappa shape index (κ2) is 8.03. The summed E-state index contributed by atoms with van der Waals surface area (Å²) in [5, 5.41) is 14.7. The molecule has 0 radical (unpaired) electrons. The van der Waals surface area contributed by atoms with Gasteiger partial charge in [-0.1, -0.05) is 36.4 Å². The second-order valence-electron chi connectivity index (χ2n) is 9.42. The molecule has 4 N–H and O–H groups in total. The number of hydrogen-bond acceptors (Lipinski definition) is 4. The number of urea groups is 2. The van der Waals surface area contributed by atoms with E-state index in [9.17, 15) is 9.59 Å². The molecule has 4 amide bonds. The molecule has 0 spiro atoms. The van der Waals surface area contributed by atoms with E-state index in [0.717, 1.165) is 35.6 Å². The lowest BCUT2D eigenvalue weighted by Gasteiger charge is -2.24. The SMILES string of the molecule is O=C(N/N=C1/CC2C3C/C(=N/NC(=O)Nc4ccccc4)C4C3CC2C14)Nc1ccccc1. The topological polar surface area (TPSA) is 107 Å². The van der Waals surface area contributed by atoms with Crippen molar-refractivity contribution in [1.29, 1.82) is 0 Å². The van der Waals surface area contributed by atoms with Gasteiger partial charge in [-0.25, -0.2) is 20.4 Å². The molecule has 6 unspecified atom stereocenters. The number of fused-ring (bicyclic) bond motifs is 2. The van der Waals surface area contributed by atoms with Gasteiger partial charge in [0, 0.05) is 34.6 Å². The van der Waals surface area contributed by atoms with Crippen molar-refractivity contribution < 1.29 is 9.59 Å². The Balaban J connectivity index is 1.13. The third-order valence-electron chi connectivity index (χ3n) is 7.83. The largest absolute Gasteiger partial charge is 0.339 e. The molecule has 168 valence electrons. The van der Waals surface area contributed by atoms with Gasteiger partial charge in [-0.15, -0.1) is 0 Å². The number of carbonyl (C=O) groups excluding carboxylic acids is 2. The number of rotatable bonds is 4. The van der Waals surface area contributed by atoms with Crippen LogP contribution in [0.3, 0.4) is 0 Å². The summed E-state index contributed by atoms with van der Waals surface area (Å²) >= 11 is 0. The van der Waals surface area contributed by atoms with Crippen molar-refractivity contribution in [3.63, 3.8) is 0 Å². The van der Waals surface area contributed by atoms with E-state index in [-0.39, 0.29) is 12.1 Å². The van der Waals surface area contributed by atoms with Crippen molar-refractivity contribution in [2.75, 3.05) is 10.6 Å². The minimum atomic E-state index is -0.333. The Kier molecular flexibility index (Phi) is 4.86. The van der Waals surface area contributed by atoms with Crippen LogP contribution in [-0.2, 0) is 0 Å². The summed E-state index contributed by atoms with van der Waals surface area (Å²) in [5.41, 5.74) is 9.00. The monoisotopic (exact) mass is 442 g/mol. The highest BCUT2D eigenvalue weighted by Gasteiger charge is 2.67. The first-order valence-electron chi connectivity index (χ1n) is 11.5. The number of hydrogen-bond donors (Lipinski definition) is 4. The van der Waals surface area contributed by atoms with Gasteiger partial charge in [0.2, 0.25) is 0 Å². The van der Waals surface area contributed by atoms with Gasteiger partial charge in [0.05, 0.1) is 0 Å². The molecule has 4 aliphatic rings. The predicted molar refractivity (Wildman–Crippen MR) is 127 cm³/mol. The zero-order valence-corrected chi connectivity index (χ0v) is 18.1. The fourth-order valence-electron chi connectivity index (χ4n) is 6.77. The Hall–Kier alpha value is -3.68. The molecule has 0 heterocycles. The van der Waals surface area contributed by atoms with Gasteiger partial charge in [-0.2, -0.15) is 10.2 Å². The highest BCUT2D eigenvalue weighted by atomic mass is 16.2. The summed E-state index contributed by atoms with van der Waals surface area (Å²) in [4.78, 5) is 24.6. The van der Waals surface area contributed by atoms with Gasteiger partial charge in [0.25, 0.3) is 0 Å². The first-order valence-corrected chi connectivity index (χ1v) is 11.5. The van der Waals surface area contributed by atoms with Crippen LogP contribution in [-0.4, -0.2) is 23.5 Å².